The molecule has 0 fully saturated rings. The van der Waals surface area contributed by atoms with Crippen LogP contribution in [0.2, 0.25) is 0 Å². The molecule has 0 bridgehead atoms. The number of anilines is 1. The summed E-state index contributed by atoms with van der Waals surface area (Å²) in [4.78, 5) is 12.3. The number of hydrogen-bond donors (Lipinski definition) is 1. The first-order chi connectivity index (χ1) is 10.2. The number of methoxy groups -OCH3 is 2. The second-order valence-electron chi connectivity index (χ2n) is 4.31. The standard InChI is InChI=1S/C16H16ClNO3/c1-20-14-8-7-11(9-15(14)21-2)16(19)18-13-6-4-3-5-12(13)10-17/h3-9H,10H2,1-2H3,(H,18,19). The summed E-state index contributed by atoms with van der Waals surface area (Å²) in [6, 6.07) is 12.4. The van der Waals surface area contributed by atoms with Crippen molar-refractivity contribution in [1.29, 1.82) is 0 Å². The zero-order chi connectivity index (χ0) is 15.2. The molecule has 1 amide bonds. The van der Waals surface area contributed by atoms with Gasteiger partial charge in [0, 0.05) is 17.1 Å². The van der Waals surface area contributed by atoms with Gasteiger partial charge in [-0.05, 0) is 29.8 Å². The number of nitrogens with one attached hydrogen (secondary N) is 1. The first-order valence-corrected chi connectivity index (χ1v) is 6.90. The molecule has 0 saturated carbocycles. The van der Waals surface area contributed by atoms with Gasteiger partial charge in [-0.1, -0.05) is 18.2 Å². The van der Waals surface area contributed by atoms with E-state index in [4.69, 9.17) is 21.1 Å². The lowest BCUT2D eigenvalue weighted by molar-refractivity contribution is 0.102. The lowest BCUT2D eigenvalue weighted by atomic mass is 10.1. The summed E-state index contributed by atoms with van der Waals surface area (Å²) in [7, 11) is 3.08. The number of amides is 1. The Morgan fingerprint density at radius 1 is 1.10 bits per heavy atom. The van der Waals surface area contributed by atoms with Crippen LogP contribution < -0.4 is 14.8 Å². The largest absolute Gasteiger partial charge is 0.493 e. The van der Waals surface area contributed by atoms with Crippen molar-refractivity contribution in [1.82, 2.24) is 0 Å². The molecular weight excluding hydrogens is 290 g/mol. The van der Waals surface area contributed by atoms with E-state index in [9.17, 15) is 4.79 Å². The predicted molar refractivity (Wildman–Crippen MR) is 83.5 cm³/mol. The Labute approximate surface area is 128 Å². The SMILES string of the molecule is COc1ccc(C(=O)Nc2ccccc2CCl)cc1OC. The van der Waals surface area contributed by atoms with Crippen LogP contribution in [-0.4, -0.2) is 20.1 Å². The predicted octanol–water partition coefficient (Wildman–Crippen LogP) is 3.69. The zero-order valence-electron chi connectivity index (χ0n) is 11.9. The molecule has 21 heavy (non-hydrogen) atoms. The molecule has 0 aromatic heterocycles. The zero-order valence-corrected chi connectivity index (χ0v) is 12.6. The molecule has 0 aliphatic rings. The van der Waals surface area contributed by atoms with Crippen molar-refractivity contribution in [3.63, 3.8) is 0 Å². The van der Waals surface area contributed by atoms with E-state index in [2.05, 4.69) is 5.32 Å². The Bertz CT molecular complexity index is 643. The van der Waals surface area contributed by atoms with E-state index in [1.54, 1.807) is 25.3 Å². The van der Waals surface area contributed by atoms with Crippen LogP contribution in [0, 0.1) is 0 Å². The lowest BCUT2D eigenvalue weighted by Gasteiger charge is -2.11. The number of rotatable bonds is 5. The van der Waals surface area contributed by atoms with Crippen molar-refractivity contribution in [2.45, 2.75) is 5.88 Å². The van der Waals surface area contributed by atoms with E-state index in [1.165, 1.54) is 7.11 Å². The molecule has 0 radical (unpaired) electrons. The van der Waals surface area contributed by atoms with E-state index >= 15 is 0 Å². The van der Waals surface area contributed by atoms with Gasteiger partial charge in [0.2, 0.25) is 0 Å². The van der Waals surface area contributed by atoms with Gasteiger partial charge in [0.15, 0.2) is 11.5 Å². The Kier molecular flexibility index (Phi) is 5.06. The highest BCUT2D eigenvalue weighted by Crippen LogP contribution is 2.28. The third-order valence-corrected chi connectivity index (χ3v) is 3.34. The van der Waals surface area contributed by atoms with Gasteiger partial charge in [0.25, 0.3) is 5.91 Å². The van der Waals surface area contributed by atoms with Gasteiger partial charge in [-0.2, -0.15) is 0 Å². The molecule has 0 atom stereocenters. The number of alkyl halides is 1. The fraction of sp³-hybridized carbons (Fsp3) is 0.188. The van der Waals surface area contributed by atoms with E-state index in [0.29, 0.717) is 28.6 Å². The lowest BCUT2D eigenvalue weighted by Crippen LogP contribution is -2.13. The number of hydrogen-bond acceptors (Lipinski definition) is 3. The highest BCUT2D eigenvalue weighted by molar-refractivity contribution is 6.17. The van der Waals surface area contributed by atoms with E-state index in [-0.39, 0.29) is 5.91 Å². The molecule has 0 saturated heterocycles. The summed E-state index contributed by atoms with van der Waals surface area (Å²) in [5.74, 6) is 1.20. The van der Waals surface area contributed by atoms with Crippen LogP contribution >= 0.6 is 11.6 Å². The molecule has 2 rings (SSSR count). The molecule has 0 unspecified atom stereocenters. The average Bonchev–Trinajstić information content (AvgIpc) is 2.54. The van der Waals surface area contributed by atoms with E-state index < -0.39 is 0 Å². The van der Waals surface area contributed by atoms with Crippen molar-refractivity contribution in [3.05, 3.63) is 53.6 Å². The van der Waals surface area contributed by atoms with Gasteiger partial charge in [-0.3, -0.25) is 4.79 Å². The maximum absolute atomic E-state index is 12.3. The summed E-state index contributed by atoms with van der Waals surface area (Å²) in [6.45, 7) is 0. The molecular formula is C16H16ClNO3. The summed E-state index contributed by atoms with van der Waals surface area (Å²) >= 11 is 5.86. The highest BCUT2D eigenvalue weighted by Gasteiger charge is 2.12. The molecule has 0 aliphatic heterocycles. The number of para-hydroxylation sites is 1. The smallest absolute Gasteiger partial charge is 0.255 e. The van der Waals surface area contributed by atoms with Gasteiger partial charge >= 0.3 is 0 Å². The Morgan fingerprint density at radius 3 is 2.48 bits per heavy atom. The topological polar surface area (TPSA) is 47.6 Å². The minimum atomic E-state index is -0.228. The van der Waals surface area contributed by atoms with Crippen LogP contribution in [0.4, 0.5) is 5.69 Å². The number of benzene rings is 2. The molecule has 0 heterocycles. The monoisotopic (exact) mass is 305 g/mol. The third kappa shape index (κ3) is 3.47. The molecule has 0 spiro atoms. The fourth-order valence-electron chi connectivity index (χ4n) is 1.93. The van der Waals surface area contributed by atoms with Gasteiger partial charge in [-0.15, -0.1) is 11.6 Å². The normalized spacial score (nSPS) is 10.0. The fourth-order valence-corrected chi connectivity index (χ4v) is 2.16. The van der Waals surface area contributed by atoms with Crippen LogP contribution in [0.25, 0.3) is 0 Å². The van der Waals surface area contributed by atoms with Gasteiger partial charge in [0.1, 0.15) is 0 Å². The molecule has 1 N–H and O–H groups in total. The van der Waals surface area contributed by atoms with Crippen molar-refractivity contribution >= 4 is 23.2 Å². The Morgan fingerprint density at radius 2 is 1.81 bits per heavy atom. The summed E-state index contributed by atoms with van der Waals surface area (Å²) in [5, 5.41) is 2.85. The minimum Gasteiger partial charge on any atom is -0.493 e. The number of halogens is 1. The number of carbonyl (C=O) groups excluding carboxylic acids is 1. The summed E-state index contributed by atoms with van der Waals surface area (Å²) < 4.78 is 10.3. The van der Waals surface area contributed by atoms with Gasteiger partial charge in [-0.25, -0.2) is 0 Å². The Hall–Kier alpha value is -2.20. The van der Waals surface area contributed by atoms with Crippen LogP contribution in [0.1, 0.15) is 15.9 Å². The van der Waals surface area contributed by atoms with Crippen molar-refractivity contribution in [2.24, 2.45) is 0 Å². The summed E-state index contributed by atoms with van der Waals surface area (Å²) in [5.41, 5.74) is 2.05. The van der Waals surface area contributed by atoms with E-state index in [0.717, 1.165) is 5.56 Å². The van der Waals surface area contributed by atoms with Crippen LogP contribution in [0.3, 0.4) is 0 Å². The average molecular weight is 306 g/mol. The summed E-state index contributed by atoms with van der Waals surface area (Å²) in [6.07, 6.45) is 0. The number of carbonyl (C=O) groups is 1. The van der Waals surface area contributed by atoms with Crippen molar-refractivity contribution < 1.29 is 14.3 Å². The van der Waals surface area contributed by atoms with Crippen LogP contribution in [0.15, 0.2) is 42.5 Å². The van der Waals surface area contributed by atoms with Gasteiger partial charge < -0.3 is 14.8 Å². The van der Waals surface area contributed by atoms with Crippen molar-refractivity contribution in [2.75, 3.05) is 19.5 Å². The second-order valence-corrected chi connectivity index (χ2v) is 4.58. The first-order valence-electron chi connectivity index (χ1n) is 6.37. The molecule has 2 aromatic rings. The second kappa shape index (κ2) is 6.99. The molecule has 0 aliphatic carbocycles. The third-order valence-electron chi connectivity index (χ3n) is 3.06. The molecule has 4 nitrogen and oxygen atoms in total. The molecule has 5 heteroatoms. The first kappa shape index (κ1) is 15.2. The number of ether oxygens (including phenoxy) is 2. The van der Waals surface area contributed by atoms with Gasteiger partial charge in [0.05, 0.1) is 14.2 Å². The van der Waals surface area contributed by atoms with E-state index in [1.807, 2.05) is 24.3 Å². The quantitative estimate of drug-likeness (QED) is 0.857. The van der Waals surface area contributed by atoms with Crippen molar-refractivity contribution in [3.8, 4) is 11.5 Å². The Balaban J connectivity index is 2.24. The highest BCUT2D eigenvalue weighted by atomic mass is 35.5. The maximum atomic E-state index is 12.3. The minimum absolute atomic E-state index is 0.228. The molecule has 110 valence electrons. The maximum Gasteiger partial charge on any atom is 0.255 e. The molecule has 2 aromatic carbocycles. The van der Waals surface area contributed by atoms with Crippen LogP contribution in [0.5, 0.6) is 11.5 Å². The van der Waals surface area contributed by atoms with Crippen LogP contribution in [-0.2, 0) is 5.88 Å².